The van der Waals surface area contributed by atoms with Gasteiger partial charge in [-0.1, -0.05) is 6.07 Å². The van der Waals surface area contributed by atoms with Crippen LogP contribution in [0.4, 0.5) is 0 Å². The van der Waals surface area contributed by atoms with E-state index in [1.807, 2.05) is 0 Å². The minimum atomic E-state index is -0.823. The van der Waals surface area contributed by atoms with Crippen molar-refractivity contribution in [3.8, 4) is 17.2 Å². The summed E-state index contributed by atoms with van der Waals surface area (Å²) in [7, 11) is 1.54. The Morgan fingerprint density at radius 3 is 2.47 bits per heavy atom. The number of ether oxygens (including phenoxy) is 3. The van der Waals surface area contributed by atoms with Crippen LogP contribution in [0.3, 0.4) is 0 Å². The Kier molecular flexibility index (Phi) is 8.12. The highest BCUT2D eigenvalue weighted by Crippen LogP contribution is 2.42. The van der Waals surface area contributed by atoms with E-state index >= 15 is 0 Å². The number of ketones is 1. The summed E-state index contributed by atoms with van der Waals surface area (Å²) < 4.78 is 16.1. The highest BCUT2D eigenvalue weighted by Gasteiger charge is 2.46. The molecule has 4 rings (SSSR count). The van der Waals surface area contributed by atoms with Gasteiger partial charge in [0, 0.05) is 31.7 Å². The number of Topliss-reactive ketones (excluding diaryl/α,β-unsaturated/α-hetero) is 1. The van der Waals surface area contributed by atoms with Crippen molar-refractivity contribution in [1.82, 2.24) is 9.80 Å². The van der Waals surface area contributed by atoms with E-state index in [2.05, 4.69) is 4.90 Å². The number of morpholine rings is 1. The second kappa shape index (κ2) is 11.5. The summed E-state index contributed by atoms with van der Waals surface area (Å²) in [5.41, 5.74) is 0.970. The lowest BCUT2D eigenvalue weighted by Crippen LogP contribution is -2.38. The first-order valence-corrected chi connectivity index (χ1v) is 12.1. The van der Waals surface area contributed by atoms with E-state index in [0.717, 1.165) is 19.6 Å². The highest BCUT2D eigenvalue weighted by atomic mass is 16.5. The minimum Gasteiger partial charge on any atom is -0.507 e. The number of carbonyl (C=O) groups excluding carboxylic acids is 2. The first-order valence-electron chi connectivity index (χ1n) is 12.1. The van der Waals surface area contributed by atoms with Crippen LogP contribution >= 0.6 is 0 Å². The summed E-state index contributed by atoms with van der Waals surface area (Å²) >= 11 is 0. The topological polar surface area (TPSA) is 109 Å². The number of amides is 1. The number of phenolic OH excluding ortho intramolecular Hbond substituents is 1. The standard InChI is InChI=1S/C27H32N2O7/c1-3-36-22-17-19(7-10-21(22)30)24-23(25(31)18-5-8-20(34-2)9-6-18)26(32)27(33)29(24)12-4-11-28-13-15-35-16-14-28/h5-10,17,24,30-31H,3-4,11-16H2,1-2H3/t24-/m0/s1. The van der Waals surface area contributed by atoms with Crippen molar-refractivity contribution in [2.24, 2.45) is 0 Å². The number of methoxy groups -OCH3 is 1. The molecule has 9 nitrogen and oxygen atoms in total. The van der Waals surface area contributed by atoms with Crippen molar-refractivity contribution in [1.29, 1.82) is 0 Å². The van der Waals surface area contributed by atoms with E-state index in [1.165, 1.54) is 18.1 Å². The lowest BCUT2D eigenvalue weighted by Gasteiger charge is -2.29. The summed E-state index contributed by atoms with van der Waals surface area (Å²) in [5.74, 6) is -0.860. The van der Waals surface area contributed by atoms with Crippen LogP contribution in [0.15, 0.2) is 48.0 Å². The zero-order valence-electron chi connectivity index (χ0n) is 20.6. The zero-order chi connectivity index (χ0) is 25.7. The van der Waals surface area contributed by atoms with Gasteiger partial charge >= 0.3 is 0 Å². The number of aliphatic hydroxyl groups is 1. The fourth-order valence-electron chi connectivity index (χ4n) is 4.62. The van der Waals surface area contributed by atoms with Crippen LogP contribution in [0.1, 0.15) is 30.5 Å². The first kappa shape index (κ1) is 25.5. The normalized spacial score (nSPS) is 20.1. The fourth-order valence-corrected chi connectivity index (χ4v) is 4.62. The smallest absolute Gasteiger partial charge is 0.295 e. The minimum absolute atomic E-state index is 0.00433. The molecule has 2 aromatic carbocycles. The molecule has 36 heavy (non-hydrogen) atoms. The Bertz CT molecular complexity index is 1120. The van der Waals surface area contributed by atoms with Crippen LogP contribution in [0, 0.1) is 0 Å². The number of aliphatic hydroxyl groups excluding tert-OH is 1. The van der Waals surface area contributed by atoms with Crippen LogP contribution in [0.25, 0.3) is 5.76 Å². The molecule has 9 heteroatoms. The van der Waals surface area contributed by atoms with E-state index in [4.69, 9.17) is 14.2 Å². The molecule has 0 spiro atoms. The number of aromatic hydroxyl groups is 1. The number of rotatable bonds is 9. The maximum absolute atomic E-state index is 13.2. The Labute approximate surface area is 210 Å². The lowest BCUT2D eigenvalue weighted by molar-refractivity contribution is -0.140. The summed E-state index contributed by atoms with van der Waals surface area (Å²) in [6.45, 7) is 6.25. The fraction of sp³-hybridized carbons (Fsp3) is 0.407. The summed E-state index contributed by atoms with van der Waals surface area (Å²) in [4.78, 5) is 30.2. The molecule has 0 radical (unpaired) electrons. The Balaban J connectivity index is 1.71. The van der Waals surface area contributed by atoms with Gasteiger partial charge < -0.3 is 29.3 Å². The van der Waals surface area contributed by atoms with Gasteiger partial charge in [-0.05, 0) is 55.3 Å². The number of hydrogen-bond donors (Lipinski definition) is 2. The summed E-state index contributed by atoms with van der Waals surface area (Å²) in [6.07, 6.45) is 0.655. The first-order chi connectivity index (χ1) is 17.4. The molecule has 2 aliphatic heterocycles. The van der Waals surface area contributed by atoms with Gasteiger partial charge in [0.05, 0.1) is 38.5 Å². The third kappa shape index (κ3) is 5.32. The van der Waals surface area contributed by atoms with Crippen molar-refractivity contribution in [3.63, 3.8) is 0 Å². The molecule has 0 unspecified atom stereocenters. The maximum Gasteiger partial charge on any atom is 0.295 e. The predicted molar refractivity (Wildman–Crippen MR) is 133 cm³/mol. The van der Waals surface area contributed by atoms with Crippen molar-refractivity contribution >= 4 is 17.4 Å². The maximum atomic E-state index is 13.2. The van der Waals surface area contributed by atoms with Gasteiger partial charge in [-0.2, -0.15) is 0 Å². The van der Waals surface area contributed by atoms with Crippen molar-refractivity contribution in [2.75, 3.05) is 53.1 Å². The highest BCUT2D eigenvalue weighted by molar-refractivity contribution is 6.46. The monoisotopic (exact) mass is 496 g/mol. The molecule has 2 heterocycles. The number of likely N-dealkylation sites (tertiary alicyclic amines) is 1. The Hall–Kier alpha value is -3.56. The van der Waals surface area contributed by atoms with E-state index in [0.29, 0.717) is 49.7 Å². The van der Waals surface area contributed by atoms with Gasteiger partial charge in [0.2, 0.25) is 0 Å². The molecule has 2 aromatic rings. The molecule has 1 amide bonds. The van der Waals surface area contributed by atoms with Crippen molar-refractivity contribution in [3.05, 3.63) is 59.2 Å². The van der Waals surface area contributed by atoms with Crippen LogP contribution < -0.4 is 9.47 Å². The van der Waals surface area contributed by atoms with Gasteiger partial charge in [-0.15, -0.1) is 0 Å². The molecule has 192 valence electrons. The molecule has 2 saturated heterocycles. The molecular weight excluding hydrogens is 464 g/mol. The van der Waals surface area contributed by atoms with Gasteiger partial charge in [0.25, 0.3) is 11.7 Å². The average Bonchev–Trinajstić information content (AvgIpc) is 3.15. The van der Waals surface area contributed by atoms with E-state index < -0.39 is 17.7 Å². The predicted octanol–water partition coefficient (Wildman–Crippen LogP) is 2.94. The number of carbonyl (C=O) groups is 2. The molecule has 2 fully saturated rings. The number of nitrogens with zero attached hydrogens (tertiary/aromatic N) is 2. The SMILES string of the molecule is CCOc1cc([C@H]2C(=C(O)c3ccc(OC)cc3)C(=O)C(=O)N2CCCN2CCOCC2)ccc1O. The van der Waals surface area contributed by atoms with Crippen LogP contribution in [0.5, 0.6) is 17.2 Å². The zero-order valence-corrected chi connectivity index (χ0v) is 20.6. The quantitative estimate of drug-likeness (QED) is 0.310. The molecule has 2 aliphatic rings. The Morgan fingerprint density at radius 2 is 1.81 bits per heavy atom. The van der Waals surface area contributed by atoms with Crippen molar-refractivity contribution < 1.29 is 34.0 Å². The van der Waals surface area contributed by atoms with Crippen LogP contribution in [-0.2, 0) is 14.3 Å². The van der Waals surface area contributed by atoms with E-state index in [1.54, 1.807) is 43.3 Å². The lowest BCUT2D eigenvalue weighted by atomic mass is 9.95. The molecule has 0 aliphatic carbocycles. The van der Waals surface area contributed by atoms with Gasteiger partial charge in [-0.3, -0.25) is 14.5 Å². The molecule has 0 bridgehead atoms. The van der Waals surface area contributed by atoms with E-state index in [9.17, 15) is 19.8 Å². The largest absolute Gasteiger partial charge is 0.507 e. The average molecular weight is 497 g/mol. The van der Waals surface area contributed by atoms with Crippen LogP contribution in [0.2, 0.25) is 0 Å². The number of benzene rings is 2. The molecular formula is C27H32N2O7. The number of hydrogen-bond acceptors (Lipinski definition) is 8. The Morgan fingerprint density at radius 1 is 1.08 bits per heavy atom. The second-order valence-corrected chi connectivity index (χ2v) is 8.69. The van der Waals surface area contributed by atoms with Gasteiger partial charge in [0.1, 0.15) is 11.5 Å². The summed E-state index contributed by atoms with van der Waals surface area (Å²) in [5, 5.41) is 21.4. The second-order valence-electron chi connectivity index (χ2n) is 8.69. The number of phenols is 1. The van der Waals surface area contributed by atoms with E-state index in [-0.39, 0.29) is 22.8 Å². The molecule has 2 N–H and O–H groups in total. The molecule has 0 saturated carbocycles. The van der Waals surface area contributed by atoms with Crippen LogP contribution in [-0.4, -0.2) is 84.8 Å². The third-order valence-electron chi connectivity index (χ3n) is 6.48. The molecule has 1 atom stereocenters. The third-order valence-corrected chi connectivity index (χ3v) is 6.48. The van der Waals surface area contributed by atoms with Crippen molar-refractivity contribution in [2.45, 2.75) is 19.4 Å². The van der Waals surface area contributed by atoms with Gasteiger partial charge in [-0.25, -0.2) is 0 Å². The molecule has 0 aromatic heterocycles. The van der Waals surface area contributed by atoms with Gasteiger partial charge in [0.15, 0.2) is 11.5 Å². The summed E-state index contributed by atoms with van der Waals surface area (Å²) in [6, 6.07) is 10.5.